The third kappa shape index (κ3) is 4.61. The van der Waals surface area contributed by atoms with Crippen molar-refractivity contribution in [2.24, 2.45) is 0 Å². The molecule has 5 rings (SSSR count). The zero-order valence-electron chi connectivity index (χ0n) is 19.9. The lowest BCUT2D eigenvalue weighted by atomic mass is 9.93. The molecule has 0 saturated heterocycles. The molecule has 0 aliphatic carbocycles. The number of hydrogen-bond acceptors (Lipinski definition) is 5. The maximum atomic E-state index is 5.87. The van der Waals surface area contributed by atoms with Crippen LogP contribution in [0.5, 0.6) is 0 Å². The highest BCUT2D eigenvalue weighted by Gasteiger charge is 2.34. The Morgan fingerprint density at radius 2 is 1.71 bits per heavy atom. The lowest BCUT2D eigenvalue weighted by Crippen LogP contribution is -2.46. The molecule has 1 aromatic heterocycles. The minimum Gasteiger partial charge on any atom is -0.351 e. The maximum absolute atomic E-state index is 5.87. The molecule has 1 atom stereocenters. The van der Waals surface area contributed by atoms with E-state index in [2.05, 4.69) is 67.0 Å². The molecule has 1 aliphatic rings. The number of benzene rings is 3. The predicted octanol–water partition coefficient (Wildman–Crippen LogP) is 6.89. The number of nitrogens with zero attached hydrogens (tertiary/aromatic N) is 3. The van der Waals surface area contributed by atoms with Gasteiger partial charge in [-0.3, -0.25) is 4.90 Å². The Bertz CT molecular complexity index is 1360. The molecule has 1 aliphatic heterocycles. The lowest BCUT2D eigenvalue weighted by molar-refractivity contribution is 0.404. The topological polar surface area (TPSA) is 54.2 Å². The summed E-state index contributed by atoms with van der Waals surface area (Å²) >= 11 is 7.53. The van der Waals surface area contributed by atoms with Gasteiger partial charge in [0.25, 0.3) is 5.89 Å². The summed E-state index contributed by atoms with van der Waals surface area (Å²) in [6.07, 6.45) is 3.05. The van der Waals surface area contributed by atoms with Gasteiger partial charge in [-0.15, -0.1) is 11.8 Å². The number of rotatable bonds is 6. The highest BCUT2D eigenvalue weighted by molar-refractivity contribution is 7.98. The van der Waals surface area contributed by atoms with Gasteiger partial charge in [0.05, 0.1) is 11.6 Å². The molecular weight excluding hydrogens is 472 g/mol. The summed E-state index contributed by atoms with van der Waals surface area (Å²) in [6.45, 7) is 4.21. The van der Waals surface area contributed by atoms with E-state index in [9.17, 15) is 0 Å². The van der Waals surface area contributed by atoms with Gasteiger partial charge in [0, 0.05) is 21.8 Å². The Labute approximate surface area is 215 Å². The lowest BCUT2D eigenvalue weighted by Gasteiger charge is -2.37. The van der Waals surface area contributed by atoms with Crippen LogP contribution in [0.4, 0.5) is 5.69 Å². The van der Waals surface area contributed by atoms with E-state index in [4.69, 9.17) is 21.7 Å². The van der Waals surface area contributed by atoms with Crippen molar-refractivity contribution in [3.63, 3.8) is 0 Å². The Kier molecular flexibility index (Phi) is 6.70. The minimum atomic E-state index is -0.208. The van der Waals surface area contributed by atoms with E-state index in [1.54, 1.807) is 11.8 Å². The van der Waals surface area contributed by atoms with E-state index in [0.29, 0.717) is 16.8 Å². The largest absolute Gasteiger partial charge is 0.351 e. The average molecular weight is 499 g/mol. The van der Waals surface area contributed by atoms with Crippen LogP contribution in [0.1, 0.15) is 36.9 Å². The molecule has 7 heteroatoms. The van der Waals surface area contributed by atoms with Crippen LogP contribution in [-0.4, -0.2) is 21.5 Å². The van der Waals surface area contributed by atoms with Gasteiger partial charge in [0.1, 0.15) is 0 Å². The third-order valence-electron chi connectivity index (χ3n) is 6.23. The molecule has 0 bridgehead atoms. The molecule has 35 heavy (non-hydrogen) atoms. The van der Waals surface area contributed by atoms with E-state index in [1.807, 2.05) is 47.4 Å². The molecule has 0 amide bonds. The number of thioether (sulfide) groups is 1. The standard InChI is InChI=1S/C28H26N4OS2/c1-4-19-10-12-20(13-11-19)25-24(18(2)32(28(34)29-25)22-8-6-5-7-9-22)27-30-26(31-33-27)21-14-16-23(35-3)17-15-21/h5-17,25H,4H2,1-3H3,(H,29,34). The van der Waals surface area contributed by atoms with E-state index in [-0.39, 0.29) is 6.04 Å². The molecule has 2 heterocycles. The first-order chi connectivity index (χ1) is 17.1. The van der Waals surface area contributed by atoms with Gasteiger partial charge in [0.15, 0.2) is 5.11 Å². The van der Waals surface area contributed by atoms with Crippen molar-refractivity contribution in [1.29, 1.82) is 0 Å². The van der Waals surface area contributed by atoms with Crippen molar-refractivity contribution >= 4 is 40.4 Å². The summed E-state index contributed by atoms with van der Waals surface area (Å²) in [6, 6.07) is 26.6. The molecule has 0 radical (unpaired) electrons. The Hall–Kier alpha value is -3.42. The van der Waals surface area contributed by atoms with Crippen molar-refractivity contribution in [3.8, 4) is 11.4 Å². The maximum Gasteiger partial charge on any atom is 0.258 e. The molecule has 1 N–H and O–H groups in total. The Morgan fingerprint density at radius 1 is 1.00 bits per heavy atom. The van der Waals surface area contributed by atoms with Gasteiger partial charge < -0.3 is 9.84 Å². The third-order valence-corrected chi connectivity index (χ3v) is 7.27. The molecule has 1 unspecified atom stereocenters. The van der Waals surface area contributed by atoms with Crippen molar-refractivity contribution in [3.05, 3.63) is 102 Å². The number of aryl methyl sites for hydroxylation is 1. The summed E-state index contributed by atoms with van der Waals surface area (Å²) < 4.78 is 5.87. The van der Waals surface area contributed by atoms with Crippen LogP contribution in [0.2, 0.25) is 0 Å². The van der Waals surface area contributed by atoms with E-state index >= 15 is 0 Å². The number of hydrogen-bond donors (Lipinski definition) is 1. The van der Waals surface area contributed by atoms with Gasteiger partial charge >= 0.3 is 0 Å². The van der Waals surface area contributed by atoms with Gasteiger partial charge in [-0.25, -0.2) is 0 Å². The average Bonchev–Trinajstić information content (AvgIpc) is 3.39. The van der Waals surface area contributed by atoms with Crippen LogP contribution >= 0.6 is 24.0 Å². The normalized spacial score (nSPS) is 15.9. The van der Waals surface area contributed by atoms with Crippen molar-refractivity contribution in [1.82, 2.24) is 15.5 Å². The highest BCUT2D eigenvalue weighted by atomic mass is 32.2. The van der Waals surface area contributed by atoms with Crippen molar-refractivity contribution < 1.29 is 4.52 Å². The molecule has 176 valence electrons. The highest BCUT2D eigenvalue weighted by Crippen LogP contribution is 2.39. The first kappa shape index (κ1) is 23.3. The summed E-state index contributed by atoms with van der Waals surface area (Å²) in [5, 5.41) is 8.48. The van der Waals surface area contributed by atoms with Crippen LogP contribution in [-0.2, 0) is 6.42 Å². The number of aromatic nitrogens is 2. The zero-order chi connectivity index (χ0) is 24.4. The van der Waals surface area contributed by atoms with Crippen LogP contribution in [0.25, 0.3) is 17.0 Å². The number of para-hydroxylation sites is 1. The number of nitrogens with one attached hydrogen (secondary N) is 1. The molecule has 3 aromatic carbocycles. The van der Waals surface area contributed by atoms with Crippen LogP contribution in [0.15, 0.2) is 94.0 Å². The monoisotopic (exact) mass is 498 g/mol. The first-order valence-corrected chi connectivity index (χ1v) is 13.2. The van der Waals surface area contributed by atoms with Gasteiger partial charge in [-0.1, -0.05) is 54.5 Å². The van der Waals surface area contributed by atoms with Crippen molar-refractivity contribution in [2.45, 2.75) is 31.2 Å². The number of anilines is 1. The van der Waals surface area contributed by atoms with E-state index in [0.717, 1.165) is 34.5 Å². The number of allylic oxidation sites excluding steroid dienone is 1. The molecule has 0 fully saturated rings. The second kappa shape index (κ2) is 10.1. The predicted molar refractivity (Wildman–Crippen MR) is 147 cm³/mol. The van der Waals surface area contributed by atoms with Gasteiger partial charge in [-0.05, 0) is 79.3 Å². The van der Waals surface area contributed by atoms with Gasteiger partial charge in [-0.2, -0.15) is 4.98 Å². The van der Waals surface area contributed by atoms with E-state index in [1.165, 1.54) is 10.5 Å². The van der Waals surface area contributed by atoms with Crippen LogP contribution in [0, 0.1) is 0 Å². The quantitative estimate of drug-likeness (QED) is 0.229. The fourth-order valence-corrected chi connectivity index (χ4v) is 5.06. The first-order valence-electron chi connectivity index (χ1n) is 11.5. The molecular formula is C28H26N4OS2. The minimum absolute atomic E-state index is 0.208. The van der Waals surface area contributed by atoms with Crippen molar-refractivity contribution in [2.75, 3.05) is 11.2 Å². The summed E-state index contributed by atoms with van der Waals surface area (Å²) in [4.78, 5) is 8.04. The fourth-order valence-electron chi connectivity index (χ4n) is 4.29. The second-order valence-corrected chi connectivity index (χ2v) is 9.57. The molecule has 4 aromatic rings. The smallest absolute Gasteiger partial charge is 0.258 e. The Morgan fingerprint density at radius 3 is 2.37 bits per heavy atom. The van der Waals surface area contributed by atoms with Gasteiger partial charge in [0.2, 0.25) is 5.82 Å². The van der Waals surface area contributed by atoms with Crippen LogP contribution < -0.4 is 10.2 Å². The fraction of sp³-hybridized carbons (Fsp3) is 0.179. The molecule has 5 nitrogen and oxygen atoms in total. The van der Waals surface area contributed by atoms with Crippen LogP contribution in [0.3, 0.4) is 0 Å². The SMILES string of the molecule is CCc1ccc(C2NC(=S)N(c3ccccc3)C(C)=C2c2nc(-c3ccc(SC)cc3)no2)cc1. The summed E-state index contributed by atoms with van der Waals surface area (Å²) in [5.74, 6) is 1.04. The zero-order valence-corrected chi connectivity index (χ0v) is 21.5. The van der Waals surface area contributed by atoms with E-state index < -0.39 is 0 Å². The Balaban J connectivity index is 1.61. The molecule has 0 spiro atoms. The summed E-state index contributed by atoms with van der Waals surface area (Å²) in [5.41, 5.74) is 6.14. The number of thiocarbonyl (C=S) groups is 1. The summed E-state index contributed by atoms with van der Waals surface area (Å²) in [7, 11) is 0. The molecule has 0 saturated carbocycles. The second-order valence-electron chi connectivity index (χ2n) is 8.30.